The molecular formula is C15H22ClN3O2. The summed E-state index contributed by atoms with van der Waals surface area (Å²) in [6, 6.07) is 7.37. The van der Waals surface area contributed by atoms with Crippen LogP contribution in [0.1, 0.15) is 12.8 Å². The summed E-state index contributed by atoms with van der Waals surface area (Å²) < 4.78 is 11.2. The first-order valence-corrected chi connectivity index (χ1v) is 7.60. The van der Waals surface area contributed by atoms with Crippen molar-refractivity contribution in [2.75, 3.05) is 33.4 Å². The molecule has 2 rings (SSSR count). The second-order valence-corrected chi connectivity index (χ2v) is 5.26. The van der Waals surface area contributed by atoms with Gasteiger partial charge in [0.1, 0.15) is 12.4 Å². The Morgan fingerprint density at radius 3 is 3.10 bits per heavy atom. The molecule has 0 bridgehead atoms. The third-order valence-corrected chi connectivity index (χ3v) is 3.44. The highest BCUT2D eigenvalue weighted by Crippen LogP contribution is 2.16. The minimum absolute atomic E-state index is 0.297. The Labute approximate surface area is 130 Å². The summed E-state index contributed by atoms with van der Waals surface area (Å²) in [5, 5.41) is 7.14. The average Bonchev–Trinajstić information content (AvgIpc) is 3.00. The van der Waals surface area contributed by atoms with Crippen molar-refractivity contribution in [2.24, 2.45) is 4.99 Å². The molecule has 1 saturated heterocycles. The largest absolute Gasteiger partial charge is 0.492 e. The maximum absolute atomic E-state index is 5.90. The van der Waals surface area contributed by atoms with Crippen LogP contribution in [0.3, 0.4) is 0 Å². The van der Waals surface area contributed by atoms with E-state index in [9.17, 15) is 0 Å². The molecule has 1 heterocycles. The van der Waals surface area contributed by atoms with Crippen LogP contribution < -0.4 is 15.4 Å². The molecule has 2 N–H and O–H groups in total. The van der Waals surface area contributed by atoms with E-state index in [1.165, 1.54) is 0 Å². The van der Waals surface area contributed by atoms with E-state index in [2.05, 4.69) is 15.6 Å². The van der Waals surface area contributed by atoms with Gasteiger partial charge in [0.2, 0.25) is 0 Å². The van der Waals surface area contributed by atoms with E-state index < -0.39 is 0 Å². The Hall–Kier alpha value is -1.46. The normalized spacial score (nSPS) is 18.6. The average molecular weight is 312 g/mol. The minimum atomic E-state index is 0.297. The predicted octanol–water partition coefficient (Wildman–Crippen LogP) is 2.06. The molecule has 1 atom stereocenters. The summed E-state index contributed by atoms with van der Waals surface area (Å²) in [6.45, 7) is 2.86. The van der Waals surface area contributed by atoms with Crippen LogP contribution in [0.4, 0.5) is 0 Å². The van der Waals surface area contributed by atoms with Crippen molar-refractivity contribution < 1.29 is 9.47 Å². The van der Waals surface area contributed by atoms with Gasteiger partial charge in [-0.1, -0.05) is 17.7 Å². The molecule has 6 heteroatoms. The maximum Gasteiger partial charge on any atom is 0.191 e. The zero-order chi connectivity index (χ0) is 14.9. The number of nitrogens with one attached hydrogen (secondary N) is 2. The lowest BCUT2D eigenvalue weighted by molar-refractivity contribution is 0.114. The van der Waals surface area contributed by atoms with Gasteiger partial charge >= 0.3 is 0 Å². The van der Waals surface area contributed by atoms with Gasteiger partial charge < -0.3 is 20.1 Å². The second kappa shape index (κ2) is 8.74. The van der Waals surface area contributed by atoms with Gasteiger partial charge in [-0.25, -0.2) is 0 Å². The number of ether oxygens (including phenoxy) is 2. The number of hydrogen-bond donors (Lipinski definition) is 2. The van der Waals surface area contributed by atoms with Crippen LogP contribution in [0, 0.1) is 0 Å². The Morgan fingerprint density at radius 2 is 2.38 bits per heavy atom. The van der Waals surface area contributed by atoms with Gasteiger partial charge in [0.05, 0.1) is 12.6 Å². The van der Waals surface area contributed by atoms with E-state index in [0.29, 0.717) is 24.3 Å². The standard InChI is InChI=1S/C15H22ClN3O2/c1-17-15(19-11-14-6-3-8-20-14)18-7-9-21-13-5-2-4-12(16)10-13/h2,4-5,10,14H,3,6-9,11H2,1H3,(H2,17,18,19). The molecule has 1 aromatic rings. The summed E-state index contributed by atoms with van der Waals surface area (Å²) in [7, 11) is 1.75. The number of nitrogens with zero attached hydrogens (tertiary/aromatic N) is 1. The number of halogens is 1. The van der Waals surface area contributed by atoms with Crippen molar-refractivity contribution >= 4 is 17.6 Å². The molecule has 5 nitrogen and oxygen atoms in total. The summed E-state index contributed by atoms with van der Waals surface area (Å²) in [5.41, 5.74) is 0. The molecule has 0 amide bonds. The first-order valence-electron chi connectivity index (χ1n) is 7.22. The van der Waals surface area contributed by atoms with Gasteiger partial charge in [0, 0.05) is 25.2 Å². The van der Waals surface area contributed by atoms with Crippen molar-refractivity contribution in [1.82, 2.24) is 10.6 Å². The Morgan fingerprint density at radius 1 is 1.48 bits per heavy atom. The molecule has 21 heavy (non-hydrogen) atoms. The summed E-state index contributed by atoms with van der Waals surface area (Å²) in [4.78, 5) is 4.17. The van der Waals surface area contributed by atoms with Crippen LogP contribution in [0.15, 0.2) is 29.3 Å². The molecule has 0 saturated carbocycles. The van der Waals surface area contributed by atoms with E-state index in [1.54, 1.807) is 13.1 Å². The summed E-state index contributed by atoms with van der Waals surface area (Å²) in [5.74, 6) is 1.53. The van der Waals surface area contributed by atoms with E-state index in [4.69, 9.17) is 21.1 Å². The quantitative estimate of drug-likeness (QED) is 0.480. The van der Waals surface area contributed by atoms with E-state index in [0.717, 1.165) is 37.7 Å². The fourth-order valence-electron chi connectivity index (χ4n) is 2.13. The van der Waals surface area contributed by atoms with Crippen molar-refractivity contribution in [2.45, 2.75) is 18.9 Å². The lowest BCUT2D eigenvalue weighted by Crippen LogP contribution is -2.42. The Bertz CT molecular complexity index is 462. The second-order valence-electron chi connectivity index (χ2n) is 4.82. The fraction of sp³-hybridized carbons (Fsp3) is 0.533. The monoisotopic (exact) mass is 311 g/mol. The first-order chi connectivity index (χ1) is 10.3. The van der Waals surface area contributed by atoms with Crippen LogP contribution in [0.25, 0.3) is 0 Å². The van der Waals surface area contributed by atoms with E-state index in [-0.39, 0.29) is 0 Å². The highest BCUT2D eigenvalue weighted by molar-refractivity contribution is 6.30. The number of rotatable bonds is 6. The molecule has 0 spiro atoms. The smallest absolute Gasteiger partial charge is 0.191 e. The highest BCUT2D eigenvalue weighted by Gasteiger charge is 2.15. The molecular weight excluding hydrogens is 290 g/mol. The zero-order valence-corrected chi connectivity index (χ0v) is 13.0. The lowest BCUT2D eigenvalue weighted by Gasteiger charge is -2.15. The van der Waals surface area contributed by atoms with Crippen LogP contribution in [0.2, 0.25) is 5.02 Å². The van der Waals surface area contributed by atoms with Crippen molar-refractivity contribution in [3.05, 3.63) is 29.3 Å². The molecule has 0 aliphatic carbocycles. The SMILES string of the molecule is CN=C(NCCOc1cccc(Cl)c1)NCC1CCCO1. The van der Waals surface area contributed by atoms with Crippen molar-refractivity contribution in [1.29, 1.82) is 0 Å². The molecule has 1 aliphatic heterocycles. The first kappa shape index (κ1) is 15.9. The number of aliphatic imine (C=N–C) groups is 1. The third kappa shape index (κ3) is 5.81. The van der Waals surface area contributed by atoms with Gasteiger partial charge in [-0.3, -0.25) is 4.99 Å². The zero-order valence-electron chi connectivity index (χ0n) is 12.3. The minimum Gasteiger partial charge on any atom is -0.492 e. The molecule has 0 aromatic heterocycles. The number of guanidine groups is 1. The fourth-order valence-corrected chi connectivity index (χ4v) is 2.31. The summed E-state index contributed by atoms with van der Waals surface area (Å²) in [6.07, 6.45) is 2.56. The third-order valence-electron chi connectivity index (χ3n) is 3.20. The number of hydrogen-bond acceptors (Lipinski definition) is 3. The maximum atomic E-state index is 5.90. The number of benzene rings is 1. The molecule has 1 aliphatic rings. The van der Waals surface area contributed by atoms with Gasteiger partial charge in [0.25, 0.3) is 0 Å². The van der Waals surface area contributed by atoms with E-state index in [1.807, 2.05) is 18.2 Å². The summed E-state index contributed by atoms with van der Waals surface area (Å²) >= 11 is 5.90. The van der Waals surface area contributed by atoms with Crippen molar-refractivity contribution in [3.63, 3.8) is 0 Å². The van der Waals surface area contributed by atoms with Crippen LogP contribution >= 0.6 is 11.6 Å². The van der Waals surface area contributed by atoms with Gasteiger partial charge in [-0.2, -0.15) is 0 Å². The van der Waals surface area contributed by atoms with Crippen molar-refractivity contribution in [3.8, 4) is 5.75 Å². The molecule has 0 radical (unpaired) electrons. The van der Waals surface area contributed by atoms with E-state index >= 15 is 0 Å². The lowest BCUT2D eigenvalue weighted by atomic mass is 10.2. The Balaban J connectivity index is 1.61. The highest BCUT2D eigenvalue weighted by atomic mass is 35.5. The van der Waals surface area contributed by atoms with Gasteiger partial charge in [0.15, 0.2) is 5.96 Å². The topological polar surface area (TPSA) is 54.9 Å². The van der Waals surface area contributed by atoms with Gasteiger partial charge in [-0.05, 0) is 31.0 Å². The molecule has 1 fully saturated rings. The van der Waals surface area contributed by atoms with Crippen LogP contribution in [-0.4, -0.2) is 45.4 Å². The Kier molecular flexibility index (Phi) is 6.63. The predicted molar refractivity (Wildman–Crippen MR) is 85.3 cm³/mol. The van der Waals surface area contributed by atoms with Crippen LogP contribution in [0.5, 0.6) is 5.75 Å². The van der Waals surface area contributed by atoms with Crippen LogP contribution in [-0.2, 0) is 4.74 Å². The van der Waals surface area contributed by atoms with Gasteiger partial charge in [-0.15, -0.1) is 0 Å². The molecule has 116 valence electrons. The molecule has 1 unspecified atom stereocenters. The molecule has 1 aromatic carbocycles.